The second-order valence-corrected chi connectivity index (χ2v) is 8.95. The molecule has 1 saturated heterocycles. The molecule has 1 N–H and O–H groups in total. The fourth-order valence-electron chi connectivity index (χ4n) is 4.62. The molecule has 31 heavy (non-hydrogen) atoms. The van der Waals surface area contributed by atoms with Gasteiger partial charge in [0.05, 0.1) is 6.20 Å². The zero-order chi connectivity index (χ0) is 21.4. The number of aromatic carboxylic acids is 1. The van der Waals surface area contributed by atoms with Crippen LogP contribution in [-0.2, 0) is 0 Å². The molecule has 0 atom stereocenters. The van der Waals surface area contributed by atoms with E-state index in [4.69, 9.17) is 4.98 Å². The third-order valence-electron chi connectivity index (χ3n) is 6.27. The molecule has 0 unspecified atom stereocenters. The van der Waals surface area contributed by atoms with Gasteiger partial charge in [0, 0.05) is 50.0 Å². The van der Waals surface area contributed by atoms with Crippen LogP contribution in [0.1, 0.15) is 42.5 Å². The number of carboxylic acids is 1. The van der Waals surface area contributed by atoms with Gasteiger partial charge in [-0.05, 0) is 12.8 Å². The number of piperazine rings is 1. The summed E-state index contributed by atoms with van der Waals surface area (Å²) in [6.45, 7) is 3.68. The lowest BCUT2D eigenvalue weighted by atomic mass is 9.94. The van der Waals surface area contributed by atoms with Crippen molar-refractivity contribution in [1.82, 2.24) is 24.4 Å². The molecule has 2 fully saturated rings. The highest BCUT2D eigenvalue weighted by atomic mass is 32.1. The number of hydrogen-bond donors (Lipinski definition) is 1. The average molecular weight is 441 g/mol. The number of rotatable bonds is 4. The predicted octanol–water partition coefficient (Wildman–Crippen LogP) is 2.39. The molecule has 9 nitrogen and oxygen atoms in total. The summed E-state index contributed by atoms with van der Waals surface area (Å²) >= 11 is 1.34. The van der Waals surface area contributed by atoms with Gasteiger partial charge < -0.3 is 10.0 Å². The van der Waals surface area contributed by atoms with Crippen molar-refractivity contribution in [3.63, 3.8) is 0 Å². The highest BCUT2D eigenvalue weighted by Crippen LogP contribution is 2.25. The van der Waals surface area contributed by atoms with E-state index in [9.17, 15) is 14.7 Å². The number of pyridine rings is 1. The zero-order valence-electron chi connectivity index (χ0n) is 17.1. The number of carbonyl (C=O) groups is 1. The smallest absolute Gasteiger partial charge is 0.341 e. The average Bonchev–Trinajstić information content (AvgIpc) is 3.34. The van der Waals surface area contributed by atoms with E-state index in [2.05, 4.69) is 19.8 Å². The van der Waals surface area contributed by atoms with Gasteiger partial charge in [-0.15, -0.1) is 11.3 Å². The third-order valence-corrected chi connectivity index (χ3v) is 7.04. The molecular weight excluding hydrogens is 416 g/mol. The molecule has 3 aromatic heterocycles. The van der Waals surface area contributed by atoms with Crippen LogP contribution in [0.5, 0.6) is 0 Å². The second kappa shape index (κ2) is 8.35. The summed E-state index contributed by atoms with van der Waals surface area (Å²) in [5.74, 6) is -0.592. The van der Waals surface area contributed by atoms with E-state index in [-0.39, 0.29) is 11.1 Å². The van der Waals surface area contributed by atoms with Gasteiger partial charge in [0.2, 0.25) is 5.43 Å². The van der Waals surface area contributed by atoms with Gasteiger partial charge in [0.1, 0.15) is 11.4 Å². The molecule has 162 valence electrons. The predicted molar refractivity (Wildman–Crippen MR) is 118 cm³/mol. The van der Waals surface area contributed by atoms with Crippen LogP contribution in [0.15, 0.2) is 28.8 Å². The van der Waals surface area contributed by atoms with Crippen molar-refractivity contribution in [3.05, 3.63) is 39.8 Å². The van der Waals surface area contributed by atoms with Gasteiger partial charge in [-0.3, -0.25) is 14.3 Å². The lowest BCUT2D eigenvalue weighted by molar-refractivity contribution is 0.0695. The Morgan fingerprint density at radius 1 is 1.10 bits per heavy atom. The molecule has 0 aromatic carbocycles. The zero-order valence-corrected chi connectivity index (χ0v) is 17.9. The van der Waals surface area contributed by atoms with E-state index in [1.807, 2.05) is 0 Å². The maximum atomic E-state index is 12.7. The van der Waals surface area contributed by atoms with Crippen molar-refractivity contribution >= 4 is 34.3 Å². The SMILES string of the molecule is O=C(O)c1cn(-c2nccs2)c2nc(N3CCN(C4CCCCC4)CC3)cnc2c1=O. The van der Waals surface area contributed by atoms with E-state index < -0.39 is 11.4 Å². The van der Waals surface area contributed by atoms with Gasteiger partial charge in [-0.25, -0.2) is 19.7 Å². The standard InChI is InChI=1S/C21H24N6O3S/c28-18-15(20(29)30)13-27(21-22-6-11-31-21)19-17(18)23-12-16(24-19)26-9-7-25(8-10-26)14-4-2-1-3-5-14/h6,11-14H,1-5,7-10H2,(H,29,30). The molecule has 3 aromatic rings. The summed E-state index contributed by atoms with van der Waals surface area (Å²) in [6, 6.07) is 0.697. The molecule has 0 bridgehead atoms. The first-order valence-electron chi connectivity index (χ1n) is 10.7. The van der Waals surface area contributed by atoms with E-state index in [0.717, 1.165) is 26.2 Å². The van der Waals surface area contributed by atoms with E-state index in [1.54, 1.807) is 22.3 Å². The normalized spacial score (nSPS) is 18.5. The Hall–Kier alpha value is -2.85. The highest BCUT2D eigenvalue weighted by molar-refractivity contribution is 7.12. The molecule has 0 radical (unpaired) electrons. The van der Waals surface area contributed by atoms with Crippen LogP contribution in [0.4, 0.5) is 5.82 Å². The van der Waals surface area contributed by atoms with Crippen LogP contribution < -0.4 is 10.3 Å². The van der Waals surface area contributed by atoms with Crippen molar-refractivity contribution in [2.24, 2.45) is 0 Å². The van der Waals surface area contributed by atoms with Gasteiger partial charge in [0.15, 0.2) is 16.3 Å². The summed E-state index contributed by atoms with van der Waals surface area (Å²) in [7, 11) is 0. The minimum atomic E-state index is -1.29. The van der Waals surface area contributed by atoms with Crippen LogP contribution in [0.3, 0.4) is 0 Å². The summed E-state index contributed by atoms with van der Waals surface area (Å²) in [6.07, 6.45) is 11.1. The fraction of sp³-hybridized carbons (Fsp3) is 0.476. The molecule has 1 aliphatic carbocycles. The fourth-order valence-corrected chi connectivity index (χ4v) is 5.24. The molecule has 10 heteroatoms. The van der Waals surface area contributed by atoms with Crippen molar-refractivity contribution in [1.29, 1.82) is 0 Å². The second-order valence-electron chi connectivity index (χ2n) is 8.08. The summed E-state index contributed by atoms with van der Waals surface area (Å²) in [5.41, 5.74) is -0.598. The first kappa shape index (κ1) is 20.1. The Balaban J connectivity index is 1.47. The molecule has 4 heterocycles. The Morgan fingerprint density at radius 3 is 2.55 bits per heavy atom. The molecule has 1 aliphatic heterocycles. The molecule has 1 saturated carbocycles. The van der Waals surface area contributed by atoms with Gasteiger partial charge >= 0.3 is 5.97 Å². The van der Waals surface area contributed by atoms with Gasteiger partial charge in [-0.1, -0.05) is 19.3 Å². The number of fused-ring (bicyclic) bond motifs is 1. The third kappa shape index (κ3) is 3.81. The van der Waals surface area contributed by atoms with Crippen LogP contribution in [0.25, 0.3) is 16.3 Å². The van der Waals surface area contributed by atoms with Crippen molar-refractivity contribution in [2.45, 2.75) is 38.1 Å². The van der Waals surface area contributed by atoms with Crippen LogP contribution in [-0.4, -0.2) is 67.7 Å². The Labute approximate surface area is 183 Å². The largest absolute Gasteiger partial charge is 0.477 e. The Kier molecular flexibility index (Phi) is 5.41. The van der Waals surface area contributed by atoms with E-state index in [1.165, 1.54) is 49.6 Å². The first-order chi connectivity index (χ1) is 15.1. The van der Waals surface area contributed by atoms with Gasteiger partial charge in [0.25, 0.3) is 0 Å². The Morgan fingerprint density at radius 2 is 1.87 bits per heavy atom. The first-order valence-corrected chi connectivity index (χ1v) is 11.5. The molecule has 2 aliphatic rings. The monoisotopic (exact) mass is 440 g/mol. The number of hydrogen-bond acceptors (Lipinski definition) is 8. The lowest BCUT2D eigenvalue weighted by Crippen LogP contribution is -2.51. The minimum Gasteiger partial charge on any atom is -0.477 e. The van der Waals surface area contributed by atoms with Crippen LogP contribution in [0.2, 0.25) is 0 Å². The molecule has 0 amide bonds. The summed E-state index contributed by atoms with van der Waals surface area (Å²) < 4.78 is 1.56. The van der Waals surface area contributed by atoms with E-state index >= 15 is 0 Å². The summed E-state index contributed by atoms with van der Waals surface area (Å²) in [5, 5.41) is 11.8. The minimum absolute atomic E-state index is 0.0414. The topological polar surface area (TPSA) is 104 Å². The molecular formula is C21H24N6O3S. The lowest BCUT2D eigenvalue weighted by Gasteiger charge is -2.41. The Bertz CT molecular complexity index is 1150. The molecule has 0 spiro atoms. The number of carboxylic acid groups (broad SMARTS) is 1. The quantitative estimate of drug-likeness (QED) is 0.659. The van der Waals surface area contributed by atoms with Crippen LogP contribution >= 0.6 is 11.3 Å². The van der Waals surface area contributed by atoms with Crippen molar-refractivity contribution in [2.75, 3.05) is 31.1 Å². The van der Waals surface area contributed by atoms with Crippen LogP contribution in [0, 0.1) is 0 Å². The highest BCUT2D eigenvalue weighted by Gasteiger charge is 2.26. The summed E-state index contributed by atoms with van der Waals surface area (Å²) in [4.78, 5) is 42.4. The van der Waals surface area contributed by atoms with Crippen molar-refractivity contribution < 1.29 is 9.90 Å². The van der Waals surface area contributed by atoms with Crippen molar-refractivity contribution in [3.8, 4) is 5.13 Å². The number of nitrogens with zero attached hydrogens (tertiary/aromatic N) is 6. The maximum absolute atomic E-state index is 12.7. The van der Waals surface area contributed by atoms with Gasteiger partial charge in [-0.2, -0.15) is 0 Å². The van der Waals surface area contributed by atoms with E-state index in [0.29, 0.717) is 22.6 Å². The maximum Gasteiger partial charge on any atom is 0.341 e. The number of anilines is 1. The number of thiazole rings is 1. The number of aromatic nitrogens is 4. The molecule has 5 rings (SSSR count).